The van der Waals surface area contributed by atoms with Gasteiger partial charge in [-0.15, -0.1) is 0 Å². The van der Waals surface area contributed by atoms with Crippen LogP contribution >= 0.6 is 11.6 Å². The van der Waals surface area contributed by atoms with Crippen LogP contribution in [0.1, 0.15) is 19.4 Å². The number of hydrogen-bond donors (Lipinski definition) is 1. The maximum absolute atomic E-state index is 13.3. The van der Waals surface area contributed by atoms with Crippen LogP contribution in [0, 0.1) is 11.2 Å². The minimum absolute atomic E-state index is 0.120. The van der Waals surface area contributed by atoms with Gasteiger partial charge >= 0.3 is 5.97 Å². The fourth-order valence-corrected chi connectivity index (χ4v) is 1.43. The Labute approximate surface area is 92.7 Å². The van der Waals surface area contributed by atoms with Crippen molar-refractivity contribution in [1.29, 1.82) is 0 Å². The van der Waals surface area contributed by atoms with Crippen LogP contribution in [0.2, 0.25) is 5.02 Å². The Balaban J connectivity index is 2.99. The van der Waals surface area contributed by atoms with Crippen molar-refractivity contribution in [3.05, 3.63) is 34.6 Å². The van der Waals surface area contributed by atoms with Crippen LogP contribution in [0.4, 0.5) is 4.39 Å². The monoisotopic (exact) mass is 230 g/mol. The molecule has 0 amide bonds. The summed E-state index contributed by atoms with van der Waals surface area (Å²) in [6.45, 7) is 3.10. The minimum Gasteiger partial charge on any atom is -0.481 e. The molecule has 4 heteroatoms. The predicted molar refractivity (Wildman–Crippen MR) is 56.5 cm³/mol. The maximum atomic E-state index is 13.3. The molecule has 0 aliphatic heterocycles. The highest BCUT2D eigenvalue weighted by Gasteiger charge is 2.28. The third-order valence-corrected chi connectivity index (χ3v) is 2.45. The summed E-state index contributed by atoms with van der Waals surface area (Å²) in [7, 11) is 0. The van der Waals surface area contributed by atoms with E-state index in [9.17, 15) is 9.18 Å². The Morgan fingerprint density at radius 2 is 2.13 bits per heavy atom. The fourth-order valence-electron chi connectivity index (χ4n) is 1.23. The summed E-state index contributed by atoms with van der Waals surface area (Å²) >= 11 is 5.71. The Hall–Kier alpha value is -1.09. The van der Waals surface area contributed by atoms with Crippen molar-refractivity contribution in [1.82, 2.24) is 0 Å². The van der Waals surface area contributed by atoms with Gasteiger partial charge < -0.3 is 5.11 Å². The Morgan fingerprint density at radius 3 is 2.67 bits per heavy atom. The van der Waals surface area contributed by atoms with Gasteiger partial charge in [0, 0.05) is 5.02 Å². The van der Waals surface area contributed by atoms with Crippen LogP contribution in [0.5, 0.6) is 0 Å². The first-order chi connectivity index (χ1) is 6.83. The van der Waals surface area contributed by atoms with E-state index in [-0.39, 0.29) is 6.42 Å². The second-order valence-electron chi connectivity index (χ2n) is 4.10. The third kappa shape index (κ3) is 2.93. The summed E-state index contributed by atoms with van der Waals surface area (Å²) in [5.41, 5.74) is -0.666. The molecule has 1 aromatic carbocycles. The predicted octanol–water partition coefficient (Wildman–Crippen LogP) is 3.13. The fraction of sp³-hybridized carbons (Fsp3) is 0.364. The number of carbonyl (C=O) groups is 1. The number of carboxylic acid groups (broad SMARTS) is 1. The molecule has 0 unspecified atom stereocenters. The lowest BCUT2D eigenvalue weighted by Crippen LogP contribution is -2.26. The Kier molecular flexibility index (Phi) is 3.35. The zero-order valence-electron chi connectivity index (χ0n) is 8.55. The molecule has 15 heavy (non-hydrogen) atoms. The zero-order valence-corrected chi connectivity index (χ0v) is 9.31. The standard InChI is InChI=1S/C11H12ClFO2/c1-11(2,10(14)15)6-7-5-8(12)3-4-9(7)13/h3-5H,6H2,1-2H3,(H,14,15). The lowest BCUT2D eigenvalue weighted by Gasteiger charge is -2.19. The SMILES string of the molecule is CC(C)(Cc1cc(Cl)ccc1F)C(=O)O. The van der Waals surface area contributed by atoms with E-state index in [0.717, 1.165) is 0 Å². The van der Waals surface area contributed by atoms with Crippen LogP contribution in [0.3, 0.4) is 0 Å². The van der Waals surface area contributed by atoms with Crippen molar-refractivity contribution >= 4 is 17.6 Å². The molecule has 1 rings (SSSR count). The molecule has 0 radical (unpaired) electrons. The molecule has 0 fully saturated rings. The highest BCUT2D eigenvalue weighted by molar-refractivity contribution is 6.30. The summed E-state index contributed by atoms with van der Waals surface area (Å²) in [5.74, 6) is -1.38. The number of rotatable bonds is 3. The quantitative estimate of drug-likeness (QED) is 0.866. The van der Waals surface area contributed by atoms with Crippen molar-refractivity contribution in [2.24, 2.45) is 5.41 Å². The van der Waals surface area contributed by atoms with Crippen LogP contribution in [0.15, 0.2) is 18.2 Å². The molecule has 0 spiro atoms. The highest BCUT2D eigenvalue weighted by atomic mass is 35.5. The molecule has 0 heterocycles. The van der Waals surface area contributed by atoms with E-state index < -0.39 is 17.2 Å². The topological polar surface area (TPSA) is 37.3 Å². The molecule has 0 aliphatic rings. The van der Waals surface area contributed by atoms with Gasteiger partial charge in [0.2, 0.25) is 0 Å². The molecule has 0 saturated heterocycles. The number of carboxylic acids is 1. The second-order valence-corrected chi connectivity index (χ2v) is 4.54. The summed E-state index contributed by atoms with van der Waals surface area (Å²) in [5, 5.41) is 9.32. The molecule has 0 saturated carbocycles. The first-order valence-corrected chi connectivity index (χ1v) is 4.88. The largest absolute Gasteiger partial charge is 0.481 e. The van der Waals surface area contributed by atoms with Crippen LogP contribution < -0.4 is 0 Å². The van der Waals surface area contributed by atoms with Gasteiger partial charge in [0.05, 0.1) is 5.41 Å². The van der Waals surface area contributed by atoms with E-state index in [0.29, 0.717) is 10.6 Å². The normalized spacial score (nSPS) is 11.5. The van der Waals surface area contributed by atoms with E-state index in [1.54, 1.807) is 13.8 Å². The van der Waals surface area contributed by atoms with E-state index in [4.69, 9.17) is 16.7 Å². The molecular formula is C11H12ClFO2. The smallest absolute Gasteiger partial charge is 0.309 e. The van der Waals surface area contributed by atoms with E-state index in [2.05, 4.69) is 0 Å². The average Bonchev–Trinajstić information content (AvgIpc) is 2.10. The van der Waals surface area contributed by atoms with Crippen molar-refractivity contribution in [3.63, 3.8) is 0 Å². The molecule has 0 bridgehead atoms. The molecule has 0 aliphatic carbocycles. The summed E-state index contributed by atoms with van der Waals surface area (Å²) < 4.78 is 13.3. The van der Waals surface area contributed by atoms with Gasteiger partial charge in [-0.3, -0.25) is 4.79 Å². The molecular weight excluding hydrogens is 219 g/mol. The molecule has 2 nitrogen and oxygen atoms in total. The van der Waals surface area contributed by atoms with Gasteiger partial charge in [-0.1, -0.05) is 11.6 Å². The van der Waals surface area contributed by atoms with Crippen LogP contribution in [0.25, 0.3) is 0 Å². The molecule has 0 atom stereocenters. The number of halogens is 2. The summed E-state index contributed by atoms with van der Waals surface area (Å²) in [6, 6.07) is 4.14. The third-order valence-electron chi connectivity index (χ3n) is 2.22. The Morgan fingerprint density at radius 1 is 1.53 bits per heavy atom. The van der Waals surface area contributed by atoms with Gasteiger partial charge in [0.1, 0.15) is 5.82 Å². The Bertz CT molecular complexity index is 388. The van der Waals surface area contributed by atoms with Crippen molar-refractivity contribution in [3.8, 4) is 0 Å². The van der Waals surface area contributed by atoms with E-state index in [1.165, 1.54) is 18.2 Å². The summed E-state index contributed by atoms with van der Waals surface area (Å²) in [6.07, 6.45) is 0.120. The maximum Gasteiger partial charge on any atom is 0.309 e. The number of benzene rings is 1. The van der Waals surface area contributed by atoms with Gasteiger partial charge in [-0.2, -0.15) is 0 Å². The second kappa shape index (κ2) is 4.19. The summed E-state index contributed by atoms with van der Waals surface area (Å²) in [4.78, 5) is 10.9. The minimum atomic E-state index is -0.995. The van der Waals surface area contributed by atoms with Gasteiger partial charge in [0.25, 0.3) is 0 Å². The van der Waals surface area contributed by atoms with E-state index >= 15 is 0 Å². The number of aliphatic carboxylic acids is 1. The van der Waals surface area contributed by atoms with Gasteiger partial charge in [0.15, 0.2) is 0 Å². The highest BCUT2D eigenvalue weighted by Crippen LogP contribution is 2.25. The molecule has 1 N–H and O–H groups in total. The van der Waals surface area contributed by atoms with Crippen molar-refractivity contribution in [2.45, 2.75) is 20.3 Å². The number of hydrogen-bond acceptors (Lipinski definition) is 1. The lowest BCUT2D eigenvalue weighted by molar-refractivity contribution is -0.146. The molecule has 1 aromatic rings. The average molecular weight is 231 g/mol. The van der Waals surface area contributed by atoms with Crippen LogP contribution in [-0.4, -0.2) is 11.1 Å². The van der Waals surface area contributed by atoms with Gasteiger partial charge in [-0.25, -0.2) is 4.39 Å². The first kappa shape index (κ1) is 12.0. The first-order valence-electron chi connectivity index (χ1n) is 4.50. The molecule has 82 valence electrons. The van der Waals surface area contributed by atoms with Gasteiger partial charge in [-0.05, 0) is 44.0 Å². The lowest BCUT2D eigenvalue weighted by atomic mass is 9.86. The van der Waals surface area contributed by atoms with Crippen LogP contribution in [-0.2, 0) is 11.2 Å². The molecule has 0 aromatic heterocycles. The van der Waals surface area contributed by atoms with Crippen molar-refractivity contribution in [2.75, 3.05) is 0 Å². The van der Waals surface area contributed by atoms with Crippen molar-refractivity contribution < 1.29 is 14.3 Å². The van der Waals surface area contributed by atoms with E-state index in [1.807, 2.05) is 0 Å². The zero-order chi connectivity index (χ0) is 11.6.